The van der Waals surface area contributed by atoms with Crippen molar-refractivity contribution in [1.82, 2.24) is 9.62 Å². The van der Waals surface area contributed by atoms with E-state index in [1.54, 1.807) is 4.90 Å². The van der Waals surface area contributed by atoms with Gasteiger partial charge in [0.2, 0.25) is 15.9 Å². The molecular weight excluding hydrogens is 349 g/mol. The fourth-order valence-electron chi connectivity index (χ4n) is 3.28. The number of halogens is 1. The number of nitrogens with zero attached hydrogens (tertiary/aromatic N) is 2. The average Bonchev–Trinajstić information content (AvgIpc) is 3.15. The van der Waals surface area contributed by atoms with Crippen molar-refractivity contribution < 1.29 is 22.4 Å². The highest BCUT2D eigenvalue weighted by Gasteiger charge is 2.31. The molecule has 1 unspecified atom stereocenters. The first-order valence-electron chi connectivity index (χ1n) is 8.11. The minimum atomic E-state index is -3.36. The van der Waals surface area contributed by atoms with Gasteiger partial charge in [-0.3, -0.25) is 9.59 Å². The van der Waals surface area contributed by atoms with Gasteiger partial charge in [0.15, 0.2) is 0 Å². The van der Waals surface area contributed by atoms with Gasteiger partial charge < -0.3 is 9.80 Å². The summed E-state index contributed by atoms with van der Waals surface area (Å²) in [4.78, 5) is 27.5. The van der Waals surface area contributed by atoms with E-state index in [1.807, 2.05) is 0 Å². The SMILES string of the molecule is CS(=O)(=O)NC1CCN(C(=O)c2cc(N3CCCC3=O)ccc2F)C1. The van der Waals surface area contributed by atoms with Crippen LogP contribution in [-0.4, -0.2) is 57.1 Å². The highest BCUT2D eigenvalue weighted by Crippen LogP contribution is 2.25. The molecule has 2 aliphatic heterocycles. The van der Waals surface area contributed by atoms with E-state index in [1.165, 1.54) is 23.1 Å². The summed E-state index contributed by atoms with van der Waals surface area (Å²) in [6.45, 7) is 1.10. The molecule has 7 nitrogen and oxygen atoms in total. The second kappa shape index (κ2) is 6.72. The first-order valence-corrected chi connectivity index (χ1v) is 10.0. The normalized spacial score (nSPS) is 21.2. The highest BCUT2D eigenvalue weighted by atomic mass is 32.2. The van der Waals surface area contributed by atoms with Gasteiger partial charge in [0.25, 0.3) is 5.91 Å². The largest absolute Gasteiger partial charge is 0.337 e. The lowest BCUT2D eigenvalue weighted by molar-refractivity contribution is -0.117. The number of rotatable bonds is 4. The van der Waals surface area contributed by atoms with Crippen LogP contribution < -0.4 is 9.62 Å². The van der Waals surface area contributed by atoms with Crippen LogP contribution in [0.4, 0.5) is 10.1 Å². The lowest BCUT2D eigenvalue weighted by atomic mass is 10.1. The van der Waals surface area contributed by atoms with Gasteiger partial charge in [-0.15, -0.1) is 0 Å². The predicted octanol–water partition coefficient (Wildman–Crippen LogP) is 0.716. The molecule has 0 bridgehead atoms. The van der Waals surface area contributed by atoms with Crippen molar-refractivity contribution in [3.63, 3.8) is 0 Å². The Bertz CT molecular complexity index is 812. The zero-order chi connectivity index (χ0) is 18.2. The Labute approximate surface area is 145 Å². The Morgan fingerprint density at radius 3 is 2.72 bits per heavy atom. The average molecular weight is 369 g/mol. The number of likely N-dealkylation sites (tertiary alicyclic amines) is 1. The standard InChI is InChI=1S/C16H20FN3O4S/c1-25(23,24)18-11-6-8-19(10-11)16(22)13-9-12(4-5-14(13)17)20-7-2-3-15(20)21/h4-5,9,11,18H,2-3,6-8,10H2,1H3. The van der Waals surface area contributed by atoms with Gasteiger partial charge in [0, 0.05) is 37.8 Å². The molecule has 2 heterocycles. The third-order valence-corrected chi connectivity index (χ3v) is 5.18. The number of amides is 2. The van der Waals surface area contributed by atoms with Crippen molar-refractivity contribution in [2.24, 2.45) is 0 Å². The maximum atomic E-state index is 14.2. The van der Waals surface area contributed by atoms with Gasteiger partial charge >= 0.3 is 0 Å². The lowest BCUT2D eigenvalue weighted by Crippen LogP contribution is -2.38. The molecule has 2 amide bonds. The van der Waals surface area contributed by atoms with Crippen LogP contribution in [0, 0.1) is 5.82 Å². The summed E-state index contributed by atoms with van der Waals surface area (Å²) in [5, 5.41) is 0. The second-order valence-electron chi connectivity index (χ2n) is 6.44. The number of nitrogens with one attached hydrogen (secondary N) is 1. The van der Waals surface area contributed by atoms with Gasteiger partial charge in [0.1, 0.15) is 5.82 Å². The third-order valence-electron chi connectivity index (χ3n) is 4.42. The molecule has 0 radical (unpaired) electrons. The molecule has 136 valence electrons. The second-order valence-corrected chi connectivity index (χ2v) is 8.22. The van der Waals surface area contributed by atoms with E-state index < -0.39 is 21.7 Å². The van der Waals surface area contributed by atoms with Crippen LogP contribution in [0.3, 0.4) is 0 Å². The molecule has 0 aromatic heterocycles. The molecule has 1 N–H and O–H groups in total. The van der Waals surface area contributed by atoms with Crippen molar-refractivity contribution in [2.75, 3.05) is 30.8 Å². The van der Waals surface area contributed by atoms with Gasteiger partial charge in [0.05, 0.1) is 11.8 Å². The van der Waals surface area contributed by atoms with Crippen LogP contribution in [-0.2, 0) is 14.8 Å². The van der Waals surface area contributed by atoms with Crippen LogP contribution in [0.2, 0.25) is 0 Å². The smallest absolute Gasteiger partial charge is 0.256 e. The van der Waals surface area contributed by atoms with Crippen molar-refractivity contribution in [2.45, 2.75) is 25.3 Å². The van der Waals surface area contributed by atoms with E-state index in [2.05, 4.69) is 4.72 Å². The minimum absolute atomic E-state index is 0.0383. The quantitative estimate of drug-likeness (QED) is 0.847. The summed E-state index contributed by atoms with van der Waals surface area (Å²) in [6.07, 6.45) is 2.73. The third kappa shape index (κ3) is 3.98. The molecule has 0 aliphatic carbocycles. The Morgan fingerprint density at radius 2 is 2.08 bits per heavy atom. The molecule has 9 heteroatoms. The van der Waals surface area contributed by atoms with Gasteiger partial charge in [-0.2, -0.15) is 0 Å². The first kappa shape index (κ1) is 17.8. The van der Waals surface area contributed by atoms with Gasteiger partial charge in [-0.05, 0) is 31.0 Å². The molecule has 1 aromatic rings. The summed E-state index contributed by atoms with van der Waals surface area (Å²) in [5.74, 6) is -1.19. The van der Waals surface area contributed by atoms with Crippen molar-refractivity contribution in [3.05, 3.63) is 29.6 Å². The summed E-state index contributed by atoms with van der Waals surface area (Å²) >= 11 is 0. The van der Waals surface area contributed by atoms with E-state index in [0.717, 1.165) is 12.7 Å². The molecule has 0 spiro atoms. The van der Waals surface area contributed by atoms with Crippen LogP contribution >= 0.6 is 0 Å². The van der Waals surface area contributed by atoms with Crippen molar-refractivity contribution in [3.8, 4) is 0 Å². The molecule has 2 fully saturated rings. The Balaban J connectivity index is 1.77. The van der Waals surface area contributed by atoms with E-state index in [4.69, 9.17) is 0 Å². The van der Waals surface area contributed by atoms with Crippen molar-refractivity contribution >= 4 is 27.5 Å². The van der Waals surface area contributed by atoms with Crippen LogP contribution in [0.5, 0.6) is 0 Å². The minimum Gasteiger partial charge on any atom is -0.337 e. The fraction of sp³-hybridized carbons (Fsp3) is 0.500. The molecule has 25 heavy (non-hydrogen) atoms. The summed E-state index contributed by atoms with van der Waals surface area (Å²) < 4.78 is 39.2. The number of sulfonamides is 1. The number of carbonyl (C=O) groups is 2. The molecule has 0 saturated carbocycles. The Hall–Kier alpha value is -2.00. The molecule has 1 atom stereocenters. The van der Waals surface area contributed by atoms with Crippen LogP contribution in [0.25, 0.3) is 0 Å². The van der Waals surface area contributed by atoms with E-state index in [9.17, 15) is 22.4 Å². The van der Waals surface area contributed by atoms with Gasteiger partial charge in [-0.25, -0.2) is 17.5 Å². The summed E-state index contributed by atoms with van der Waals surface area (Å²) in [5.41, 5.74) is 0.412. The first-order chi connectivity index (χ1) is 11.7. The molecule has 1 aromatic carbocycles. The number of anilines is 1. The van der Waals surface area contributed by atoms with Crippen LogP contribution in [0.1, 0.15) is 29.6 Å². The maximum absolute atomic E-state index is 14.2. The van der Waals surface area contributed by atoms with E-state index >= 15 is 0 Å². The topological polar surface area (TPSA) is 86.8 Å². The highest BCUT2D eigenvalue weighted by molar-refractivity contribution is 7.88. The zero-order valence-corrected chi connectivity index (χ0v) is 14.7. The van der Waals surface area contributed by atoms with Crippen molar-refractivity contribution in [1.29, 1.82) is 0 Å². The van der Waals surface area contributed by atoms with Gasteiger partial charge in [-0.1, -0.05) is 0 Å². The number of carbonyl (C=O) groups excluding carboxylic acids is 2. The fourth-order valence-corrected chi connectivity index (χ4v) is 4.08. The Morgan fingerprint density at radius 1 is 1.32 bits per heavy atom. The zero-order valence-electron chi connectivity index (χ0n) is 13.9. The molecule has 3 rings (SSSR count). The van der Waals surface area contributed by atoms with E-state index in [0.29, 0.717) is 31.6 Å². The summed E-state index contributed by atoms with van der Waals surface area (Å²) in [6, 6.07) is 3.72. The number of hydrogen-bond donors (Lipinski definition) is 1. The maximum Gasteiger partial charge on any atom is 0.256 e. The number of benzene rings is 1. The predicted molar refractivity (Wildman–Crippen MR) is 90.3 cm³/mol. The molecular formula is C16H20FN3O4S. The summed E-state index contributed by atoms with van der Waals surface area (Å²) in [7, 11) is -3.36. The molecule has 2 aliphatic rings. The lowest BCUT2D eigenvalue weighted by Gasteiger charge is -2.20. The molecule has 2 saturated heterocycles. The monoisotopic (exact) mass is 369 g/mol. The number of hydrogen-bond acceptors (Lipinski definition) is 4. The van der Waals surface area contributed by atoms with Crippen LogP contribution in [0.15, 0.2) is 18.2 Å². The Kier molecular flexibility index (Phi) is 4.79. The van der Waals surface area contributed by atoms with E-state index in [-0.39, 0.29) is 24.1 Å².